The highest BCUT2D eigenvalue weighted by atomic mass is 16.5. The van der Waals surface area contributed by atoms with E-state index in [1.54, 1.807) is 7.11 Å². The summed E-state index contributed by atoms with van der Waals surface area (Å²) in [6, 6.07) is 9.93. The molecule has 0 heterocycles. The molecule has 0 radical (unpaired) electrons. The van der Waals surface area contributed by atoms with Crippen molar-refractivity contribution in [1.29, 1.82) is 0 Å². The first-order valence-corrected chi connectivity index (χ1v) is 7.66. The van der Waals surface area contributed by atoms with Gasteiger partial charge in [0.1, 0.15) is 0 Å². The van der Waals surface area contributed by atoms with Crippen molar-refractivity contribution in [2.24, 2.45) is 0 Å². The van der Waals surface area contributed by atoms with E-state index in [0.717, 1.165) is 26.1 Å². The number of hydrogen-bond acceptors (Lipinski definition) is 3. The smallest absolute Gasteiger partial charge is 0.0637 e. The van der Waals surface area contributed by atoms with E-state index >= 15 is 0 Å². The van der Waals surface area contributed by atoms with Gasteiger partial charge in [0.25, 0.3) is 0 Å². The molecule has 0 aliphatic carbocycles. The van der Waals surface area contributed by atoms with Crippen molar-refractivity contribution < 1.29 is 4.74 Å². The van der Waals surface area contributed by atoms with Gasteiger partial charge in [-0.2, -0.15) is 0 Å². The quantitative estimate of drug-likeness (QED) is 0.749. The second kappa shape index (κ2) is 8.98. The molecule has 3 heteroatoms. The SMILES string of the molecule is CCC(C)N(CCOC)c1ccc(CNC(C)C)cc1. The zero-order valence-electron chi connectivity index (χ0n) is 13.6. The summed E-state index contributed by atoms with van der Waals surface area (Å²) in [5.74, 6) is 0. The fraction of sp³-hybridized carbons (Fsp3) is 0.647. The van der Waals surface area contributed by atoms with Crippen molar-refractivity contribution in [1.82, 2.24) is 5.32 Å². The normalized spacial score (nSPS) is 12.7. The topological polar surface area (TPSA) is 24.5 Å². The van der Waals surface area contributed by atoms with Crippen LogP contribution in [0.2, 0.25) is 0 Å². The third-order valence-electron chi connectivity index (χ3n) is 3.64. The summed E-state index contributed by atoms with van der Waals surface area (Å²) in [5.41, 5.74) is 2.61. The molecule has 1 N–H and O–H groups in total. The molecule has 3 nitrogen and oxygen atoms in total. The Morgan fingerprint density at radius 1 is 1.15 bits per heavy atom. The number of nitrogens with one attached hydrogen (secondary N) is 1. The Morgan fingerprint density at radius 3 is 2.30 bits per heavy atom. The number of nitrogens with zero attached hydrogens (tertiary/aromatic N) is 1. The van der Waals surface area contributed by atoms with Gasteiger partial charge in [0.15, 0.2) is 0 Å². The third-order valence-corrected chi connectivity index (χ3v) is 3.64. The van der Waals surface area contributed by atoms with Crippen molar-refractivity contribution in [3.05, 3.63) is 29.8 Å². The van der Waals surface area contributed by atoms with Crippen LogP contribution >= 0.6 is 0 Å². The minimum atomic E-state index is 0.521. The molecule has 0 bridgehead atoms. The molecule has 0 aromatic heterocycles. The number of rotatable bonds is 9. The van der Waals surface area contributed by atoms with E-state index in [9.17, 15) is 0 Å². The monoisotopic (exact) mass is 278 g/mol. The number of ether oxygens (including phenoxy) is 1. The molecule has 0 aliphatic rings. The van der Waals surface area contributed by atoms with Gasteiger partial charge in [-0.15, -0.1) is 0 Å². The van der Waals surface area contributed by atoms with Crippen LogP contribution in [0.3, 0.4) is 0 Å². The van der Waals surface area contributed by atoms with Crippen LogP contribution in [0.4, 0.5) is 5.69 Å². The molecule has 0 fully saturated rings. The number of methoxy groups -OCH3 is 1. The molecule has 1 unspecified atom stereocenters. The highest BCUT2D eigenvalue weighted by Gasteiger charge is 2.12. The van der Waals surface area contributed by atoms with E-state index in [1.165, 1.54) is 11.3 Å². The van der Waals surface area contributed by atoms with Gasteiger partial charge < -0.3 is 15.0 Å². The third kappa shape index (κ3) is 5.51. The van der Waals surface area contributed by atoms with Crippen LogP contribution < -0.4 is 10.2 Å². The van der Waals surface area contributed by atoms with Crippen LogP contribution in [0.1, 0.15) is 39.7 Å². The largest absolute Gasteiger partial charge is 0.383 e. The highest BCUT2D eigenvalue weighted by Crippen LogP contribution is 2.19. The van der Waals surface area contributed by atoms with Gasteiger partial charge in [0, 0.05) is 38.0 Å². The average molecular weight is 278 g/mol. The standard InChI is InChI=1S/C17H30N2O/c1-6-15(4)19(11-12-20-5)17-9-7-16(8-10-17)13-18-14(2)3/h7-10,14-15,18H,6,11-13H2,1-5H3. The van der Waals surface area contributed by atoms with Gasteiger partial charge >= 0.3 is 0 Å². The molecule has 1 aromatic rings. The maximum absolute atomic E-state index is 5.23. The predicted octanol–water partition coefficient (Wildman–Crippen LogP) is 3.44. The van der Waals surface area contributed by atoms with E-state index < -0.39 is 0 Å². The molecule has 20 heavy (non-hydrogen) atoms. The lowest BCUT2D eigenvalue weighted by Crippen LogP contribution is -2.35. The zero-order valence-corrected chi connectivity index (χ0v) is 13.6. The summed E-state index contributed by atoms with van der Waals surface area (Å²) < 4.78 is 5.23. The Morgan fingerprint density at radius 2 is 1.80 bits per heavy atom. The Hall–Kier alpha value is -1.06. The maximum Gasteiger partial charge on any atom is 0.0637 e. The van der Waals surface area contributed by atoms with E-state index in [-0.39, 0.29) is 0 Å². The molecule has 1 atom stereocenters. The van der Waals surface area contributed by atoms with Crippen molar-refractivity contribution in [3.63, 3.8) is 0 Å². The lowest BCUT2D eigenvalue weighted by molar-refractivity contribution is 0.203. The first-order valence-electron chi connectivity index (χ1n) is 7.66. The van der Waals surface area contributed by atoms with Crippen LogP contribution in [0.5, 0.6) is 0 Å². The van der Waals surface area contributed by atoms with Gasteiger partial charge in [0.2, 0.25) is 0 Å². The molecule has 0 saturated heterocycles. The highest BCUT2D eigenvalue weighted by molar-refractivity contribution is 5.48. The van der Waals surface area contributed by atoms with Gasteiger partial charge in [-0.25, -0.2) is 0 Å². The second-order valence-electron chi connectivity index (χ2n) is 5.65. The predicted molar refractivity (Wildman–Crippen MR) is 87.4 cm³/mol. The molecular weight excluding hydrogens is 248 g/mol. The van der Waals surface area contributed by atoms with Gasteiger partial charge in [-0.1, -0.05) is 32.9 Å². The zero-order chi connectivity index (χ0) is 15.0. The Bertz CT molecular complexity index is 362. The number of anilines is 1. The summed E-state index contributed by atoms with van der Waals surface area (Å²) in [5, 5.41) is 3.45. The molecule has 114 valence electrons. The Balaban J connectivity index is 2.71. The maximum atomic E-state index is 5.23. The van der Waals surface area contributed by atoms with E-state index in [2.05, 4.69) is 62.2 Å². The van der Waals surface area contributed by atoms with E-state index in [1.807, 2.05) is 0 Å². The van der Waals surface area contributed by atoms with Crippen LogP contribution in [0.15, 0.2) is 24.3 Å². The van der Waals surface area contributed by atoms with E-state index in [4.69, 9.17) is 4.74 Å². The summed E-state index contributed by atoms with van der Waals surface area (Å²) in [6.45, 7) is 11.5. The van der Waals surface area contributed by atoms with Crippen molar-refractivity contribution >= 4 is 5.69 Å². The van der Waals surface area contributed by atoms with Crippen molar-refractivity contribution in [2.45, 2.75) is 52.7 Å². The summed E-state index contributed by atoms with van der Waals surface area (Å²) in [6.07, 6.45) is 1.14. The van der Waals surface area contributed by atoms with Crippen LogP contribution in [0, 0.1) is 0 Å². The lowest BCUT2D eigenvalue weighted by atomic mass is 10.1. The van der Waals surface area contributed by atoms with Crippen LogP contribution in [-0.2, 0) is 11.3 Å². The molecular formula is C17H30N2O. The second-order valence-corrected chi connectivity index (χ2v) is 5.65. The minimum Gasteiger partial charge on any atom is -0.383 e. The van der Waals surface area contributed by atoms with Crippen molar-refractivity contribution in [2.75, 3.05) is 25.2 Å². The molecule has 0 spiro atoms. The van der Waals surface area contributed by atoms with Crippen LogP contribution in [0.25, 0.3) is 0 Å². The lowest BCUT2D eigenvalue weighted by Gasteiger charge is -2.30. The van der Waals surface area contributed by atoms with E-state index in [0.29, 0.717) is 12.1 Å². The first kappa shape index (κ1) is 17.0. The summed E-state index contributed by atoms with van der Waals surface area (Å²) in [4.78, 5) is 2.42. The van der Waals surface area contributed by atoms with Crippen LogP contribution in [-0.4, -0.2) is 32.3 Å². The van der Waals surface area contributed by atoms with Gasteiger partial charge in [-0.3, -0.25) is 0 Å². The molecule has 1 aromatic carbocycles. The first-order chi connectivity index (χ1) is 9.58. The van der Waals surface area contributed by atoms with Crippen molar-refractivity contribution in [3.8, 4) is 0 Å². The van der Waals surface area contributed by atoms with Gasteiger partial charge in [-0.05, 0) is 31.0 Å². The average Bonchev–Trinajstić information content (AvgIpc) is 2.46. The number of benzene rings is 1. The molecule has 0 aliphatic heterocycles. The molecule has 1 rings (SSSR count). The Kier molecular flexibility index (Phi) is 7.63. The minimum absolute atomic E-state index is 0.521. The Labute approximate surface area is 124 Å². The molecule has 0 saturated carbocycles. The fourth-order valence-corrected chi connectivity index (χ4v) is 2.14. The summed E-state index contributed by atoms with van der Waals surface area (Å²) in [7, 11) is 1.76. The molecule has 0 amide bonds. The summed E-state index contributed by atoms with van der Waals surface area (Å²) >= 11 is 0. The number of hydrogen-bond donors (Lipinski definition) is 1. The van der Waals surface area contributed by atoms with Gasteiger partial charge in [0.05, 0.1) is 6.61 Å². The fourth-order valence-electron chi connectivity index (χ4n) is 2.14.